The lowest BCUT2D eigenvalue weighted by Crippen LogP contribution is -2.26. The summed E-state index contributed by atoms with van der Waals surface area (Å²) >= 11 is 5.84. The van der Waals surface area contributed by atoms with E-state index in [0.717, 1.165) is 37.5 Å². The third-order valence-corrected chi connectivity index (χ3v) is 4.06. The highest BCUT2D eigenvalue weighted by Gasteiger charge is 2.31. The van der Waals surface area contributed by atoms with Gasteiger partial charge < -0.3 is 9.63 Å². The fraction of sp³-hybridized carbons (Fsp3) is 0.571. The van der Waals surface area contributed by atoms with Gasteiger partial charge in [0.05, 0.1) is 29.6 Å². The van der Waals surface area contributed by atoms with Gasteiger partial charge in [0.1, 0.15) is 5.76 Å². The summed E-state index contributed by atoms with van der Waals surface area (Å²) in [6.45, 7) is 5.07. The number of nitrogens with zero attached hydrogens (tertiary/aromatic N) is 4. The van der Waals surface area contributed by atoms with Crippen LogP contribution in [0.5, 0.6) is 0 Å². The zero-order chi connectivity index (χ0) is 14.8. The number of β-amino-alcohol motifs (C(OH)–C–C–N with tert-alkyl or cyclic N) is 1. The van der Waals surface area contributed by atoms with Crippen molar-refractivity contribution >= 4 is 11.6 Å². The van der Waals surface area contributed by atoms with E-state index in [4.69, 9.17) is 16.1 Å². The molecule has 0 aliphatic carbocycles. The van der Waals surface area contributed by atoms with Gasteiger partial charge in [-0.1, -0.05) is 16.8 Å². The minimum atomic E-state index is -0.323. The van der Waals surface area contributed by atoms with Gasteiger partial charge in [-0.05, 0) is 6.92 Å². The quantitative estimate of drug-likeness (QED) is 0.903. The minimum Gasteiger partial charge on any atom is -0.391 e. The fourth-order valence-electron chi connectivity index (χ4n) is 2.80. The summed E-state index contributed by atoms with van der Waals surface area (Å²) in [6.07, 6.45) is 3.85. The molecule has 0 amide bonds. The largest absolute Gasteiger partial charge is 0.391 e. The molecule has 2 aromatic heterocycles. The van der Waals surface area contributed by atoms with E-state index in [-0.39, 0.29) is 12.0 Å². The molecule has 0 aromatic carbocycles. The molecule has 3 rings (SSSR count). The highest BCUT2D eigenvalue weighted by molar-refractivity contribution is 6.30. The first-order chi connectivity index (χ1) is 10.1. The Morgan fingerprint density at radius 1 is 1.43 bits per heavy atom. The van der Waals surface area contributed by atoms with E-state index in [2.05, 4.69) is 15.2 Å². The van der Waals surface area contributed by atoms with Crippen LogP contribution in [0.15, 0.2) is 23.0 Å². The van der Waals surface area contributed by atoms with Crippen molar-refractivity contribution < 1.29 is 9.63 Å². The Labute approximate surface area is 128 Å². The molecule has 1 N–H and O–H groups in total. The van der Waals surface area contributed by atoms with Crippen molar-refractivity contribution in [1.29, 1.82) is 0 Å². The van der Waals surface area contributed by atoms with Gasteiger partial charge in [0.15, 0.2) is 0 Å². The summed E-state index contributed by atoms with van der Waals surface area (Å²) in [4.78, 5) is 2.24. The molecule has 2 atom stereocenters. The van der Waals surface area contributed by atoms with Crippen LogP contribution in [0, 0.1) is 12.8 Å². The first kappa shape index (κ1) is 14.6. The average molecular weight is 311 g/mol. The van der Waals surface area contributed by atoms with E-state index in [1.54, 1.807) is 6.20 Å². The lowest BCUT2D eigenvalue weighted by molar-refractivity contribution is 0.137. The zero-order valence-corrected chi connectivity index (χ0v) is 12.7. The Kier molecular flexibility index (Phi) is 4.28. The Morgan fingerprint density at radius 2 is 2.29 bits per heavy atom. The summed E-state index contributed by atoms with van der Waals surface area (Å²) in [6, 6.07) is 1.93. The number of rotatable bonds is 5. The second-order valence-electron chi connectivity index (χ2n) is 5.65. The number of hydrogen-bond acceptors (Lipinski definition) is 5. The second-order valence-corrected chi connectivity index (χ2v) is 6.08. The predicted octanol–water partition coefficient (Wildman–Crippen LogP) is 1.37. The molecule has 0 spiro atoms. The Bertz CT molecular complexity index is 597. The molecule has 21 heavy (non-hydrogen) atoms. The van der Waals surface area contributed by atoms with Crippen molar-refractivity contribution in [3.63, 3.8) is 0 Å². The van der Waals surface area contributed by atoms with E-state index in [0.29, 0.717) is 11.6 Å². The molecular weight excluding hydrogens is 292 g/mol. The molecule has 1 aliphatic heterocycles. The van der Waals surface area contributed by atoms with Crippen molar-refractivity contribution in [1.82, 2.24) is 19.8 Å². The SMILES string of the molecule is Cc1cc(CC2CN(CCn3cc(Cl)cn3)CC2O)on1. The van der Waals surface area contributed by atoms with Gasteiger partial charge >= 0.3 is 0 Å². The first-order valence-electron chi connectivity index (χ1n) is 7.11. The van der Waals surface area contributed by atoms with E-state index in [1.807, 2.05) is 23.9 Å². The lowest BCUT2D eigenvalue weighted by atomic mass is 10.0. The van der Waals surface area contributed by atoms with E-state index in [9.17, 15) is 5.11 Å². The molecule has 2 unspecified atom stereocenters. The third-order valence-electron chi connectivity index (χ3n) is 3.87. The summed E-state index contributed by atoms with van der Waals surface area (Å²) in [5.41, 5.74) is 0.880. The molecule has 0 saturated carbocycles. The molecule has 1 saturated heterocycles. The fourth-order valence-corrected chi connectivity index (χ4v) is 2.96. The van der Waals surface area contributed by atoms with Gasteiger partial charge in [0.2, 0.25) is 0 Å². The van der Waals surface area contributed by atoms with Gasteiger partial charge in [-0.2, -0.15) is 5.10 Å². The first-order valence-corrected chi connectivity index (χ1v) is 7.48. The van der Waals surface area contributed by atoms with E-state index >= 15 is 0 Å². The smallest absolute Gasteiger partial charge is 0.137 e. The molecule has 2 aromatic rings. The normalized spacial score (nSPS) is 23.0. The van der Waals surface area contributed by atoms with E-state index in [1.165, 1.54) is 0 Å². The monoisotopic (exact) mass is 310 g/mol. The topological polar surface area (TPSA) is 67.3 Å². The van der Waals surface area contributed by atoms with Gasteiger partial charge in [0.25, 0.3) is 0 Å². The lowest BCUT2D eigenvalue weighted by Gasteiger charge is -2.14. The summed E-state index contributed by atoms with van der Waals surface area (Å²) in [7, 11) is 0. The Balaban J connectivity index is 1.51. The van der Waals surface area contributed by atoms with Gasteiger partial charge in [-0.15, -0.1) is 0 Å². The van der Waals surface area contributed by atoms with Crippen molar-refractivity contribution in [3.05, 3.63) is 34.9 Å². The van der Waals surface area contributed by atoms with Crippen molar-refractivity contribution in [3.8, 4) is 0 Å². The summed E-state index contributed by atoms with van der Waals surface area (Å²) in [5.74, 6) is 1.04. The molecule has 6 nitrogen and oxygen atoms in total. The third kappa shape index (κ3) is 3.64. The molecule has 0 radical (unpaired) electrons. The second kappa shape index (κ2) is 6.17. The molecule has 114 valence electrons. The number of aliphatic hydroxyl groups excluding tert-OH is 1. The number of aliphatic hydroxyl groups is 1. The zero-order valence-electron chi connectivity index (χ0n) is 11.9. The van der Waals surface area contributed by atoms with Gasteiger partial charge in [0, 0.05) is 44.2 Å². The molecule has 1 fully saturated rings. The maximum absolute atomic E-state index is 10.2. The summed E-state index contributed by atoms with van der Waals surface area (Å²) in [5, 5.41) is 18.9. The van der Waals surface area contributed by atoms with Gasteiger partial charge in [-0.3, -0.25) is 9.58 Å². The highest BCUT2D eigenvalue weighted by Crippen LogP contribution is 2.22. The van der Waals surface area contributed by atoms with Crippen LogP contribution in [0.4, 0.5) is 0 Å². The van der Waals surface area contributed by atoms with Crippen LogP contribution in [-0.2, 0) is 13.0 Å². The number of aryl methyl sites for hydroxylation is 1. The molecule has 1 aliphatic rings. The number of hydrogen-bond donors (Lipinski definition) is 1. The molecule has 0 bridgehead atoms. The Morgan fingerprint density at radius 3 is 2.95 bits per heavy atom. The maximum atomic E-state index is 10.2. The van der Waals surface area contributed by atoms with Crippen LogP contribution in [0.3, 0.4) is 0 Å². The van der Waals surface area contributed by atoms with Crippen molar-refractivity contribution in [2.24, 2.45) is 5.92 Å². The van der Waals surface area contributed by atoms with Crippen molar-refractivity contribution in [2.75, 3.05) is 19.6 Å². The molecule has 3 heterocycles. The predicted molar refractivity (Wildman–Crippen MR) is 78.1 cm³/mol. The molecular formula is C14H19ClN4O2. The van der Waals surface area contributed by atoms with Gasteiger partial charge in [-0.25, -0.2) is 0 Å². The van der Waals surface area contributed by atoms with Crippen LogP contribution in [0.1, 0.15) is 11.5 Å². The van der Waals surface area contributed by atoms with Crippen molar-refractivity contribution in [2.45, 2.75) is 26.0 Å². The van der Waals surface area contributed by atoms with Crippen LogP contribution in [-0.4, -0.2) is 50.7 Å². The van der Waals surface area contributed by atoms with Crippen LogP contribution in [0.2, 0.25) is 5.02 Å². The minimum absolute atomic E-state index is 0.193. The number of halogens is 1. The maximum Gasteiger partial charge on any atom is 0.137 e. The molecule has 7 heteroatoms. The number of aromatic nitrogens is 3. The summed E-state index contributed by atoms with van der Waals surface area (Å²) < 4.78 is 7.05. The number of likely N-dealkylation sites (tertiary alicyclic amines) is 1. The highest BCUT2D eigenvalue weighted by atomic mass is 35.5. The van der Waals surface area contributed by atoms with Crippen LogP contribution < -0.4 is 0 Å². The van der Waals surface area contributed by atoms with E-state index < -0.39 is 0 Å². The standard InChI is InChI=1S/C14H19ClN4O2/c1-10-4-13(21-17-10)5-11-7-18(9-14(11)20)2-3-19-8-12(15)6-16-19/h4,6,8,11,14,20H,2-3,5,7,9H2,1H3. The van der Waals surface area contributed by atoms with Crippen LogP contribution >= 0.6 is 11.6 Å². The van der Waals surface area contributed by atoms with Crippen LogP contribution in [0.25, 0.3) is 0 Å². The Hall–Kier alpha value is -1.37. The average Bonchev–Trinajstić information content (AvgIpc) is 3.11.